The van der Waals surface area contributed by atoms with E-state index < -0.39 is 5.41 Å². The maximum atomic E-state index is 12.7. The van der Waals surface area contributed by atoms with Crippen LogP contribution in [0.5, 0.6) is 0 Å². The lowest BCUT2D eigenvalue weighted by Crippen LogP contribution is -2.52. The number of rotatable bonds is 5. The number of nitrogens with zero attached hydrogens (tertiary/aromatic N) is 1. The molecule has 5 nitrogen and oxygen atoms in total. The Labute approximate surface area is 168 Å². The molecule has 1 saturated heterocycles. The highest BCUT2D eigenvalue weighted by Crippen LogP contribution is 2.29. The van der Waals surface area contributed by atoms with E-state index in [9.17, 15) is 4.79 Å². The number of hydrogen-bond donors (Lipinski definition) is 2. The highest BCUT2D eigenvalue weighted by atomic mass is 35.5. The molecule has 2 aliphatic rings. The fourth-order valence-electron chi connectivity index (χ4n) is 3.74. The first-order valence-corrected chi connectivity index (χ1v) is 9.01. The molecule has 3 rings (SSSR count). The second kappa shape index (κ2) is 10.5. The van der Waals surface area contributed by atoms with Gasteiger partial charge in [-0.25, -0.2) is 0 Å². The van der Waals surface area contributed by atoms with Crippen molar-refractivity contribution < 1.29 is 9.53 Å². The predicted molar refractivity (Wildman–Crippen MR) is 109 cm³/mol. The Hall–Kier alpha value is -0.850. The van der Waals surface area contributed by atoms with E-state index in [1.807, 2.05) is 0 Å². The number of halogens is 2. The highest BCUT2D eigenvalue weighted by molar-refractivity contribution is 5.85. The Morgan fingerprint density at radius 3 is 2.58 bits per heavy atom. The Morgan fingerprint density at radius 2 is 1.92 bits per heavy atom. The molecular weight excluding hydrogens is 373 g/mol. The molecular formula is C19H31Cl2N3O2. The van der Waals surface area contributed by atoms with Gasteiger partial charge >= 0.3 is 0 Å². The lowest BCUT2D eigenvalue weighted by Gasteiger charge is -2.37. The summed E-state index contributed by atoms with van der Waals surface area (Å²) in [6.07, 6.45) is 2.53. The van der Waals surface area contributed by atoms with Crippen LogP contribution in [0.25, 0.3) is 0 Å². The zero-order chi connectivity index (χ0) is 17.0. The standard InChI is InChI=1S/C19H29N3O2.2ClH/c1-15(22-9-6-16-4-2-3-5-17(16)13-22)12-21-18(23)19(14-20)7-10-24-11-8-19;;/h2-5,15H,6-14,20H2,1H3,(H,21,23);2*1H. The van der Waals surface area contributed by atoms with E-state index in [0.29, 0.717) is 32.3 Å². The van der Waals surface area contributed by atoms with Crippen LogP contribution < -0.4 is 11.1 Å². The highest BCUT2D eigenvalue weighted by Gasteiger charge is 2.38. The number of carbonyl (C=O) groups is 1. The molecule has 1 aromatic carbocycles. The molecule has 1 aromatic rings. The second-order valence-corrected chi connectivity index (χ2v) is 7.15. The summed E-state index contributed by atoms with van der Waals surface area (Å²) in [5, 5.41) is 3.15. The molecule has 0 saturated carbocycles. The molecule has 1 amide bonds. The van der Waals surface area contributed by atoms with E-state index in [2.05, 4.69) is 41.4 Å². The lowest BCUT2D eigenvalue weighted by molar-refractivity contribution is -0.136. The van der Waals surface area contributed by atoms with Crippen LogP contribution in [0.4, 0.5) is 0 Å². The molecule has 7 heteroatoms. The summed E-state index contributed by atoms with van der Waals surface area (Å²) in [6.45, 7) is 6.52. The minimum atomic E-state index is -0.438. The van der Waals surface area contributed by atoms with Gasteiger partial charge in [-0.1, -0.05) is 24.3 Å². The SMILES string of the molecule is CC(CNC(=O)C1(CN)CCOCC1)N1CCc2ccccc2C1.Cl.Cl. The summed E-state index contributed by atoms with van der Waals surface area (Å²) in [6, 6.07) is 8.95. The van der Waals surface area contributed by atoms with Crippen molar-refractivity contribution in [1.29, 1.82) is 0 Å². The van der Waals surface area contributed by atoms with E-state index in [1.54, 1.807) is 0 Å². The van der Waals surface area contributed by atoms with Crippen molar-refractivity contribution >= 4 is 30.7 Å². The Kier molecular flexibility index (Phi) is 9.34. The van der Waals surface area contributed by atoms with Crippen LogP contribution in [-0.4, -0.2) is 49.7 Å². The molecule has 26 heavy (non-hydrogen) atoms. The van der Waals surface area contributed by atoms with E-state index in [0.717, 1.165) is 32.4 Å². The van der Waals surface area contributed by atoms with Gasteiger partial charge in [-0.05, 0) is 37.3 Å². The number of nitrogens with two attached hydrogens (primary N) is 1. The number of hydrogen-bond acceptors (Lipinski definition) is 4. The van der Waals surface area contributed by atoms with Crippen molar-refractivity contribution in [1.82, 2.24) is 10.2 Å². The van der Waals surface area contributed by atoms with Gasteiger partial charge in [-0.3, -0.25) is 9.69 Å². The van der Waals surface area contributed by atoms with Gasteiger partial charge in [0.15, 0.2) is 0 Å². The normalized spacial score (nSPS) is 20.1. The van der Waals surface area contributed by atoms with Crippen LogP contribution in [-0.2, 0) is 22.5 Å². The van der Waals surface area contributed by atoms with Gasteiger partial charge in [0.25, 0.3) is 0 Å². The zero-order valence-electron chi connectivity index (χ0n) is 15.4. The number of nitrogens with one attached hydrogen (secondary N) is 1. The first kappa shape index (κ1) is 23.2. The van der Waals surface area contributed by atoms with Crippen molar-refractivity contribution in [2.24, 2.45) is 11.1 Å². The van der Waals surface area contributed by atoms with Crippen LogP contribution >= 0.6 is 24.8 Å². The molecule has 148 valence electrons. The third kappa shape index (κ3) is 5.11. The van der Waals surface area contributed by atoms with Crippen LogP contribution in [0.3, 0.4) is 0 Å². The van der Waals surface area contributed by atoms with Crippen LogP contribution in [0.1, 0.15) is 30.9 Å². The summed E-state index contributed by atoms with van der Waals surface area (Å²) in [4.78, 5) is 15.1. The van der Waals surface area contributed by atoms with Gasteiger partial charge < -0.3 is 15.8 Å². The van der Waals surface area contributed by atoms with Crippen molar-refractivity contribution in [2.75, 3.05) is 32.8 Å². The number of fused-ring (bicyclic) bond motifs is 1. The van der Waals surface area contributed by atoms with Gasteiger partial charge in [0.1, 0.15) is 0 Å². The van der Waals surface area contributed by atoms with Gasteiger partial charge in [-0.2, -0.15) is 0 Å². The minimum Gasteiger partial charge on any atom is -0.381 e. The van der Waals surface area contributed by atoms with Gasteiger partial charge in [0.2, 0.25) is 5.91 Å². The Bertz CT molecular complexity index is 580. The molecule has 3 N–H and O–H groups in total. The fraction of sp³-hybridized carbons (Fsp3) is 0.632. The summed E-state index contributed by atoms with van der Waals surface area (Å²) >= 11 is 0. The van der Waals surface area contributed by atoms with Gasteiger partial charge in [0.05, 0.1) is 5.41 Å². The summed E-state index contributed by atoms with van der Waals surface area (Å²) in [5.41, 5.74) is 8.34. The van der Waals surface area contributed by atoms with Crippen LogP contribution in [0.15, 0.2) is 24.3 Å². The molecule has 2 heterocycles. The molecule has 0 spiro atoms. The largest absolute Gasteiger partial charge is 0.381 e. The van der Waals surface area contributed by atoms with E-state index in [-0.39, 0.29) is 30.7 Å². The van der Waals surface area contributed by atoms with E-state index >= 15 is 0 Å². The zero-order valence-corrected chi connectivity index (χ0v) is 17.0. The van der Waals surface area contributed by atoms with E-state index in [1.165, 1.54) is 11.1 Å². The molecule has 0 aromatic heterocycles. The fourth-order valence-corrected chi connectivity index (χ4v) is 3.74. The number of carbonyl (C=O) groups excluding carboxylic acids is 1. The summed E-state index contributed by atoms with van der Waals surface area (Å²) in [7, 11) is 0. The molecule has 0 aliphatic carbocycles. The smallest absolute Gasteiger partial charge is 0.227 e. The topological polar surface area (TPSA) is 67.6 Å². The molecule has 1 fully saturated rings. The molecule has 0 radical (unpaired) electrons. The average molecular weight is 404 g/mol. The lowest BCUT2D eigenvalue weighted by atomic mass is 9.79. The second-order valence-electron chi connectivity index (χ2n) is 7.15. The average Bonchev–Trinajstić information content (AvgIpc) is 2.65. The van der Waals surface area contributed by atoms with E-state index in [4.69, 9.17) is 10.5 Å². The van der Waals surface area contributed by atoms with Gasteiger partial charge in [-0.15, -0.1) is 24.8 Å². The monoisotopic (exact) mass is 403 g/mol. The third-order valence-electron chi connectivity index (χ3n) is 5.66. The first-order chi connectivity index (χ1) is 11.6. The van der Waals surface area contributed by atoms with Crippen molar-refractivity contribution in [3.8, 4) is 0 Å². The molecule has 1 atom stereocenters. The number of ether oxygens (including phenoxy) is 1. The predicted octanol–water partition coefficient (Wildman–Crippen LogP) is 2.15. The molecule has 2 aliphatic heterocycles. The van der Waals surface area contributed by atoms with Crippen LogP contribution in [0, 0.1) is 5.41 Å². The summed E-state index contributed by atoms with van der Waals surface area (Å²) in [5.74, 6) is 0.0950. The Balaban J connectivity index is 0.00000169. The maximum absolute atomic E-state index is 12.7. The number of benzene rings is 1. The Morgan fingerprint density at radius 1 is 1.27 bits per heavy atom. The molecule has 0 bridgehead atoms. The quantitative estimate of drug-likeness (QED) is 0.789. The van der Waals surface area contributed by atoms with Crippen molar-refractivity contribution in [3.05, 3.63) is 35.4 Å². The minimum absolute atomic E-state index is 0. The van der Waals surface area contributed by atoms with Crippen molar-refractivity contribution in [2.45, 2.75) is 38.8 Å². The van der Waals surface area contributed by atoms with Gasteiger partial charge in [0, 0.05) is 45.4 Å². The third-order valence-corrected chi connectivity index (χ3v) is 5.66. The first-order valence-electron chi connectivity index (χ1n) is 9.01. The van der Waals surface area contributed by atoms with Crippen molar-refractivity contribution in [3.63, 3.8) is 0 Å². The summed E-state index contributed by atoms with van der Waals surface area (Å²) < 4.78 is 5.39. The molecule has 1 unspecified atom stereocenters. The van der Waals surface area contributed by atoms with Crippen LogP contribution in [0.2, 0.25) is 0 Å². The number of amides is 1. The maximum Gasteiger partial charge on any atom is 0.227 e.